The molecule has 7 heteroatoms. The van der Waals surface area contributed by atoms with Gasteiger partial charge in [-0.1, -0.05) is 0 Å². The minimum Gasteiger partial charge on any atom is -0.469 e. The van der Waals surface area contributed by atoms with Gasteiger partial charge in [0.05, 0.1) is 13.5 Å². The van der Waals surface area contributed by atoms with Crippen LogP contribution in [0.2, 0.25) is 0 Å². The van der Waals surface area contributed by atoms with Crippen LogP contribution in [0, 0.1) is 11.6 Å². The highest BCUT2D eigenvalue weighted by Gasteiger charge is 2.14. The first kappa shape index (κ1) is 13.0. The Kier molecular flexibility index (Phi) is 3.46. The van der Waals surface area contributed by atoms with E-state index in [0.717, 1.165) is 16.8 Å². The summed E-state index contributed by atoms with van der Waals surface area (Å²) < 4.78 is 31.7. The van der Waals surface area contributed by atoms with Crippen molar-refractivity contribution >= 4 is 5.97 Å². The monoisotopic (exact) mass is 268 g/mol. The largest absolute Gasteiger partial charge is 0.469 e. The standard InChI is InChI=1S/C12H10F2N2O3/c1-19-11(17)4-7-6-15-16(12(7)18)10-3-2-8(13)5-9(10)14/h2-3,5-6,15H,4H2,1H3. The molecule has 0 radical (unpaired) electrons. The van der Waals surface area contributed by atoms with Gasteiger partial charge in [-0.15, -0.1) is 0 Å². The highest BCUT2D eigenvalue weighted by molar-refractivity contribution is 5.72. The zero-order valence-corrected chi connectivity index (χ0v) is 9.94. The van der Waals surface area contributed by atoms with Gasteiger partial charge in [0.15, 0.2) is 5.82 Å². The molecule has 0 fully saturated rings. The number of ether oxygens (including phenoxy) is 1. The topological polar surface area (TPSA) is 64.1 Å². The quantitative estimate of drug-likeness (QED) is 0.849. The highest BCUT2D eigenvalue weighted by atomic mass is 19.1. The number of nitrogens with zero attached hydrogens (tertiary/aromatic N) is 1. The molecule has 2 aromatic rings. The number of hydrogen-bond acceptors (Lipinski definition) is 3. The molecule has 1 N–H and O–H groups in total. The van der Waals surface area contributed by atoms with E-state index in [1.165, 1.54) is 13.3 Å². The van der Waals surface area contributed by atoms with Crippen LogP contribution in [0.25, 0.3) is 5.69 Å². The fourth-order valence-electron chi connectivity index (χ4n) is 1.60. The van der Waals surface area contributed by atoms with Crippen LogP contribution in [0.5, 0.6) is 0 Å². The Morgan fingerprint density at radius 2 is 2.16 bits per heavy atom. The van der Waals surface area contributed by atoms with Gasteiger partial charge in [0.25, 0.3) is 5.56 Å². The lowest BCUT2D eigenvalue weighted by molar-refractivity contribution is -0.139. The van der Waals surface area contributed by atoms with Crippen LogP contribution in [0.1, 0.15) is 5.56 Å². The minimum absolute atomic E-state index is 0.123. The van der Waals surface area contributed by atoms with E-state index in [-0.39, 0.29) is 17.7 Å². The zero-order chi connectivity index (χ0) is 14.0. The third-order valence-corrected chi connectivity index (χ3v) is 2.56. The Hall–Kier alpha value is -2.44. The summed E-state index contributed by atoms with van der Waals surface area (Å²) in [5, 5.41) is 2.51. The van der Waals surface area contributed by atoms with Crippen molar-refractivity contribution in [2.24, 2.45) is 0 Å². The lowest BCUT2D eigenvalue weighted by Gasteiger charge is -2.02. The Morgan fingerprint density at radius 1 is 1.42 bits per heavy atom. The molecule has 1 aromatic carbocycles. The lowest BCUT2D eigenvalue weighted by atomic mass is 10.2. The molecule has 0 saturated carbocycles. The molecule has 2 rings (SSSR count). The Labute approximate surface area is 106 Å². The third-order valence-electron chi connectivity index (χ3n) is 2.56. The summed E-state index contributed by atoms with van der Waals surface area (Å²) in [5.41, 5.74) is -0.575. The number of aromatic nitrogens is 2. The van der Waals surface area contributed by atoms with Gasteiger partial charge in [-0.3, -0.25) is 14.7 Å². The molecule has 0 amide bonds. The molecule has 5 nitrogen and oxygen atoms in total. The number of esters is 1. The van der Waals surface area contributed by atoms with Crippen molar-refractivity contribution in [3.63, 3.8) is 0 Å². The van der Waals surface area contributed by atoms with E-state index in [0.29, 0.717) is 6.07 Å². The molecule has 1 aromatic heterocycles. The normalized spacial score (nSPS) is 10.5. The first-order valence-corrected chi connectivity index (χ1v) is 5.34. The van der Waals surface area contributed by atoms with Gasteiger partial charge < -0.3 is 4.74 Å². The van der Waals surface area contributed by atoms with Crippen LogP contribution < -0.4 is 5.56 Å². The van der Waals surface area contributed by atoms with E-state index in [2.05, 4.69) is 9.84 Å². The first-order chi connectivity index (χ1) is 9.02. The lowest BCUT2D eigenvalue weighted by Crippen LogP contribution is -2.20. The molecular formula is C12H10F2N2O3. The average Bonchev–Trinajstić information content (AvgIpc) is 2.71. The second kappa shape index (κ2) is 5.05. The van der Waals surface area contributed by atoms with Crippen LogP contribution in [-0.4, -0.2) is 22.9 Å². The van der Waals surface area contributed by atoms with Gasteiger partial charge in [0, 0.05) is 17.8 Å². The number of carbonyl (C=O) groups is 1. The zero-order valence-electron chi connectivity index (χ0n) is 9.94. The number of nitrogens with one attached hydrogen (secondary N) is 1. The molecule has 0 atom stereocenters. The first-order valence-electron chi connectivity index (χ1n) is 5.34. The molecule has 100 valence electrons. The van der Waals surface area contributed by atoms with Crippen molar-refractivity contribution in [2.45, 2.75) is 6.42 Å². The second-order valence-corrected chi connectivity index (χ2v) is 3.79. The molecule has 0 aliphatic rings. The van der Waals surface area contributed by atoms with Crippen molar-refractivity contribution in [1.29, 1.82) is 0 Å². The van der Waals surface area contributed by atoms with Gasteiger partial charge in [-0.25, -0.2) is 13.5 Å². The number of aromatic amines is 1. The predicted molar refractivity (Wildman–Crippen MR) is 62.0 cm³/mol. The Bertz CT molecular complexity index is 676. The molecule has 0 unspecified atom stereocenters. The SMILES string of the molecule is COC(=O)Cc1c[nH]n(-c2ccc(F)cc2F)c1=O. The molecular weight excluding hydrogens is 258 g/mol. The van der Waals surface area contributed by atoms with Crippen LogP contribution in [0.4, 0.5) is 8.78 Å². The maximum absolute atomic E-state index is 13.5. The minimum atomic E-state index is -0.881. The summed E-state index contributed by atoms with van der Waals surface area (Å²) >= 11 is 0. The molecule has 1 heterocycles. The van der Waals surface area contributed by atoms with Crippen LogP contribution >= 0.6 is 0 Å². The van der Waals surface area contributed by atoms with Gasteiger partial charge in [0.2, 0.25) is 0 Å². The van der Waals surface area contributed by atoms with E-state index < -0.39 is 23.2 Å². The van der Waals surface area contributed by atoms with Gasteiger partial charge in [0.1, 0.15) is 11.5 Å². The summed E-state index contributed by atoms with van der Waals surface area (Å²) in [6.07, 6.45) is 1.06. The van der Waals surface area contributed by atoms with Gasteiger partial charge >= 0.3 is 5.97 Å². The average molecular weight is 268 g/mol. The van der Waals surface area contributed by atoms with Crippen molar-refractivity contribution in [3.05, 3.63) is 51.9 Å². The number of methoxy groups -OCH3 is 1. The van der Waals surface area contributed by atoms with E-state index in [9.17, 15) is 18.4 Å². The Morgan fingerprint density at radius 3 is 2.79 bits per heavy atom. The van der Waals surface area contributed by atoms with Crippen LogP contribution in [0.15, 0.2) is 29.2 Å². The number of halogens is 2. The summed E-state index contributed by atoms with van der Waals surface area (Å²) in [4.78, 5) is 23.0. The fraction of sp³-hybridized carbons (Fsp3) is 0.167. The smallest absolute Gasteiger partial charge is 0.310 e. The molecule has 0 bridgehead atoms. The fourth-order valence-corrected chi connectivity index (χ4v) is 1.60. The number of hydrogen-bond donors (Lipinski definition) is 1. The van der Waals surface area contributed by atoms with E-state index in [1.54, 1.807) is 0 Å². The third kappa shape index (κ3) is 2.54. The van der Waals surface area contributed by atoms with Crippen molar-refractivity contribution in [2.75, 3.05) is 7.11 Å². The summed E-state index contributed by atoms with van der Waals surface area (Å²) in [6.45, 7) is 0. The number of rotatable bonds is 3. The van der Waals surface area contributed by atoms with Gasteiger partial charge in [-0.05, 0) is 12.1 Å². The highest BCUT2D eigenvalue weighted by Crippen LogP contribution is 2.12. The summed E-state index contributed by atoms with van der Waals surface area (Å²) in [6, 6.07) is 2.83. The maximum atomic E-state index is 13.5. The number of benzene rings is 1. The summed E-state index contributed by atoms with van der Waals surface area (Å²) in [5.74, 6) is -2.20. The van der Waals surface area contributed by atoms with Crippen LogP contribution in [0.3, 0.4) is 0 Å². The van der Waals surface area contributed by atoms with Gasteiger partial charge in [-0.2, -0.15) is 0 Å². The molecule has 0 saturated heterocycles. The molecule has 0 spiro atoms. The number of H-pyrrole nitrogens is 1. The predicted octanol–water partition coefficient (Wildman–Crippen LogP) is 1.16. The molecule has 0 aliphatic heterocycles. The second-order valence-electron chi connectivity index (χ2n) is 3.79. The van der Waals surface area contributed by atoms with Crippen LogP contribution in [-0.2, 0) is 16.0 Å². The van der Waals surface area contributed by atoms with E-state index in [1.807, 2.05) is 0 Å². The molecule has 19 heavy (non-hydrogen) atoms. The summed E-state index contributed by atoms with van der Waals surface area (Å²) in [7, 11) is 1.20. The Balaban J connectivity index is 2.42. The van der Waals surface area contributed by atoms with E-state index in [4.69, 9.17) is 0 Å². The van der Waals surface area contributed by atoms with Crippen molar-refractivity contribution in [1.82, 2.24) is 9.78 Å². The van der Waals surface area contributed by atoms with Crippen molar-refractivity contribution in [3.8, 4) is 5.69 Å². The number of carbonyl (C=O) groups excluding carboxylic acids is 1. The van der Waals surface area contributed by atoms with Crippen molar-refractivity contribution < 1.29 is 18.3 Å². The molecule has 0 aliphatic carbocycles. The maximum Gasteiger partial charge on any atom is 0.310 e. The van der Waals surface area contributed by atoms with E-state index >= 15 is 0 Å².